The molecule has 4 nitrogen and oxygen atoms in total. The lowest BCUT2D eigenvalue weighted by molar-refractivity contribution is -0.125. The maximum absolute atomic E-state index is 12.6. The Morgan fingerprint density at radius 1 is 1.00 bits per heavy atom. The molecule has 1 fully saturated rings. The first-order chi connectivity index (χ1) is 11.1. The van der Waals surface area contributed by atoms with E-state index in [1.54, 1.807) is 6.92 Å². The summed E-state index contributed by atoms with van der Waals surface area (Å²) >= 11 is 0. The van der Waals surface area contributed by atoms with Gasteiger partial charge in [0.15, 0.2) is 5.78 Å². The summed E-state index contributed by atoms with van der Waals surface area (Å²) in [6, 6.07) is 18.6. The van der Waals surface area contributed by atoms with Crippen molar-refractivity contribution in [3.63, 3.8) is 0 Å². The summed E-state index contributed by atoms with van der Waals surface area (Å²) in [5.41, 5.74) is 2.32. The van der Waals surface area contributed by atoms with Gasteiger partial charge in [-0.3, -0.25) is 14.6 Å². The van der Waals surface area contributed by atoms with Crippen molar-refractivity contribution in [1.82, 2.24) is 5.32 Å². The summed E-state index contributed by atoms with van der Waals surface area (Å²) in [7, 11) is 0. The molecule has 2 aromatic rings. The van der Waals surface area contributed by atoms with Crippen LogP contribution in [0.4, 0.5) is 5.69 Å². The van der Waals surface area contributed by atoms with Crippen molar-refractivity contribution in [2.75, 3.05) is 0 Å². The van der Waals surface area contributed by atoms with Crippen LogP contribution in [0.3, 0.4) is 0 Å². The number of benzene rings is 2. The van der Waals surface area contributed by atoms with Crippen molar-refractivity contribution in [1.29, 1.82) is 0 Å². The van der Waals surface area contributed by atoms with Crippen molar-refractivity contribution < 1.29 is 9.59 Å². The van der Waals surface area contributed by atoms with Crippen molar-refractivity contribution in [2.24, 2.45) is 10.9 Å². The van der Waals surface area contributed by atoms with E-state index in [4.69, 9.17) is 0 Å². The molecule has 3 rings (SSSR count). The lowest BCUT2D eigenvalue weighted by atomic mass is 9.95. The maximum atomic E-state index is 12.6. The third-order valence-electron chi connectivity index (χ3n) is 3.97. The van der Waals surface area contributed by atoms with E-state index in [0.29, 0.717) is 12.1 Å². The van der Waals surface area contributed by atoms with Gasteiger partial charge in [-0.25, -0.2) is 0 Å². The van der Waals surface area contributed by atoms with E-state index < -0.39 is 12.0 Å². The Labute approximate surface area is 135 Å². The monoisotopic (exact) mass is 306 g/mol. The fourth-order valence-electron chi connectivity index (χ4n) is 2.82. The second-order valence-electron chi connectivity index (χ2n) is 5.68. The van der Waals surface area contributed by atoms with Crippen molar-refractivity contribution in [3.05, 3.63) is 66.2 Å². The Morgan fingerprint density at radius 3 is 2.26 bits per heavy atom. The number of ketones is 1. The zero-order valence-corrected chi connectivity index (χ0v) is 12.9. The van der Waals surface area contributed by atoms with Crippen molar-refractivity contribution in [3.8, 4) is 0 Å². The van der Waals surface area contributed by atoms with Gasteiger partial charge in [0, 0.05) is 5.71 Å². The molecule has 0 aliphatic carbocycles. The second-order valence-corrected chi connectivity index (χ2v) is 5.68. The summed E-state index contributed by atoms with van der Waals surface area (Å²) in [4.78, 5) is 29.2. The van der Waals surface area contributed by atoms with Gasteiger partial charge < -0.3 is 5.32 Å². The highest BCUT2D eigenvalue weighted by molar-refractivity contribution is 6.25. The molecular weight excluding hydrogens is 288 g/mol. The maximum Gasteiger partial charge on any atom is 0.237 e. The van der Waals surface area contributed by atoms with Crippen LogP contribution >= 0.6 is 0 Å². The van der Waals surface area contributed by atoms with Gasteiger partial charge in [-0.2, -0.15) is 0 Å². The van der Waals surface area contributed by atoms with E-state index in [1.165, 1.54) is 0 Å². The van der Waals surface area contributed by atoms with Gasteiger partial charge in [-0.15, -0.1) is 0 Å². The fraction of sp³-hybridized carbons (Fsp3) is 0.211. The van der Waals surface area contributed by atoms with Gasteiger partial charge in [-0.05, 0) is 31.0 Å². The molecular formula is C19H18N2O2. The molecule has 1 N–H and O–H groups in total. The van der Waals surface area contributed by atoms with E-state index in [9.17, 15) is 9.59 Å². The second kappa shape index (κ2) is 6.57. The molecule has 1 aliphatic heterocycles. The number of amides is 1. The zero-order valence-electron chi connectivity index (χ0n) is 12.9. The van der Waals surface area contributed by atoms with E-state index >= 15 is 0 Å². The molecule has 0 saturated carbocycles. The van der Waals surface area contributed by atoms with E-state index in [-0.39, 0.29) is 11.7 Å². The van der Waals surface area contributed by atoms with Crippen LogP contribution in [0.2, 0.25) is 0 Å². The Hall–Kier alpha value is -2.75. The standard InChI is InChI=1S/C19H18N2O2/c1-13(20-15-10-6-3-7-11-15)17-18(22)16(21-19(17)23)12-14-8-4-2-5-9-14/h2-11,16-17H,12H2,1H3,(H,21,23). The molecule has 2 unspecified atom stereocenters. The van der Waals surface area contributed by atoms with Gasteiger partial charge >= 0.3 is 0 Å². The quantitative estimate of drug-likeness (QED) is 0.697. The largest absolute Gasteiger partial charge is 0.345 e. The lowest BCUT2D eigenvalue weighted by Crippen LogP contribution is -2.31. The number of aliphatic imine (C=N–C) groups is 1. The van der Waals surface area contributed by atoms with Gasteiger partial charge in [-0.1, -0.05) is 48.5 Å². The Morgan fingerprint density at radius 2 is 1.61 bits per heavy atom. The molecule has 0 bridgehead atoms. The van der Waals surface area contributed by atoms with Crippen LogP contribution in [0.5, 0.6) is 0 Å². The number of para-hydroxylation sites is 1. The van der Waals surface area contributed by atoms with Gasteiger partial charge in [0.1, 0.15) is 5.92 Å². The highest BCUT2D eigenvalue weighted by atomic mass is 16.2. The summed E-state index contributed by atoms with van der Waals surface area (Å²) < 4.78 is 0. The number of carbonyl (C=O) groups is 2. The summed E-state index contributed by atoms with van der Waals surface area (Å²) in [5, 5.41) is 2.80. The molecule has 116 valence electrons. The summed E-state index contributed by atoms with van der Waals surface area (Å²) in [6.45, 7) is 1.74. The van der Waals surface area contributed by atoms with Gasteiger partial charge in [0.2, 0.25) is 5.91 Å². The normalized spacial score (nSPS) is 21.3. The van der Waals surface area contributed by atoms with E-state index in [1.807, 2.05) is 60.7 Å². The smallest absolute Gasteiger partial charge is 0.237 e. The summed E-state index contributed by atoms with van der Waals surface area (Å²) in [5.74, 6) is -1.15. The topological polar surface area (TPSA) is 58.5 Å². The Bertz CT molecular complexity index is 738. The van der Waals surface area contributed by atoms with Crippen molar-refractivity contribution in [2.45, 2.75) is 19.4 Å². The molecule has 2 atom stereocenters. The molecule has 1 heterocycles. The zero-order chi connectivity index (χ0) is 16.2. The first-order valence-corrected chi connectivity index (χ1v) is 7.63. The van der Waals surface area contributed by atoms with Gasteiger partial charge in [0.25, 0.3) is 0 Å². The molecule has 4 heteroatoms. The number of hydrogen-bond donors (Lipinski definition) is 1. The molecule has 1 amide bonds. The van der Waals surface area contributed by atoms with Crippen molar-refractivity contribution >= 4 is 23.1 Å². The van der Waals surface area contributed by atoms with Gasteiger partial charge in [0.05, 0.1) is 11.7 Å². The third-order valence-corrected chi connectivity index (χ3v) is 3.97. The fourth-order valence-corrected chi connectivity index (χ4v) is 2.82. The Balaban J connectivity index is 1.77. The van der Waals surface area contributed by atoms with Crippen LogP contribution in [-0.2, 0) is 16.0 Å². The van der Waals surface area contributed by atoms with Crippen LogP contribution in [0.1, 0.15) is 12.5 Å². The Kier molecular flexibility index (Phi) is 4.33. The van der Waals surface area contributed by atoms with E-state index in [2.05, 4.69) is 10.3 Å². The number of nitrogens with zero attached hydrogens (tertiary/aromatic N) is 1. The number of rotatable bonds is 4. The molecule has 0 spiro atoms. The number of Topliss-reactive ketones (excluding diaryl/α,β-unsaturated/α-hetero) is 1. The average molecular weight is 306 g/mol. The van der Waals surface area contributed by atoms with Crippen LogP contribution in [0, 0.1) is 5.92 Å². The number of nitrogens with one attached hydrogen (secondary N) is 1. The van der Waals surface area contributed by atoms with Crippen LogP contribution in [0.25, 0.3) is 0 Å². The minimum absolute atomic E-state index is 0.101. The molecule has 1 aliphatic rings. The van der Waals surface area contributed by atoms with Crippen LogP contribution in [-0.4, -0.2) is 23.4 Å². The molecule has 23 heavy (non-hydrogen) atoms. The molecule has 0 radical (unpaired) electrons. The van der Waals surface area contributed by atoms with Crippen LogP contribution < -0.4 is 5.32 Å². The first kappa shape index (κ1) is 15.2. The third kappa shape index (κ3) is 3.37. The minimum Gasteiger partial charge on any atom is -0.345 e. The highest BCUT2D eigenvalue weighted by Crippen LogP contribution is 2.20. The SMILES string of the molecule is CC(=Nc1ccccc1)C1C(=O)NC(Cc2ccccc2)C1=O. The van der Waals surface area contributed by atoms with E-state index in [0.717, 1.165) is 11.3 Å². The first-order valence-electron chi connectivity index (χ1n) is 7.63. The molecule has 0 aromatic heterocycles. The lowest BCUT2D eigenvalue weighted by Gasteiger charge is -2.09. The average Bonchev–Trinajstić information content (AvgIpc) is 2.83. The molecule has 2 aromatic carbocycles. The number of hydrogen-bond acceptors (Lipinski definition) is 3. The number of carbonyl (C=O) groups excluding carboxylic acids is 2. The highest BCUT2D eigenvalue weighted by Gasteiger charge is 2.42. The predicted octanol–water partition coefficient (Wildman–Crippen LogP) is 2.71. The summed E-state index contributed by atoms with van der Waals surface area (Å²) in [6.07, 6.45) is 0.514. The van der Waals surface area contributed by atoms with Crippen LogP contribution in [0.15, 0.2) is 65.7 Å². The predicted molar refractivity (Wildman–Crippen MR) is 89.8 cm³/mol. The minimum atomic E-state index is -0.788. The molecule has 1 saturated heterocycles.